The fraction of sp³-hybridized carbons (Fsp3) is 0.333. The molecule has 0 aliphatic carbocycles. The zero-order valence-corrected chi connectivity index (χ0v) is 11.5. The fourth-order valence-electron chi connectivity index (χ4n) is 1.89. The van der Waals surface area contributed by atoms with Gasteiger partial charge in [0.25, 0.3) is 6.08 Å². The van der Waals surface area contributed by atoms with Crippen LogP contribution in [0.2, 0.25) is 0 Å². The second kappa shape index (κ2) is 6.32. The van der Waals surface area contributed by atoms with E-state index in [1.165, 1.54) is 10.8 Å². The Morgan fingerprint density at radius 3 is 2.70 bits per heavy atom. The van der Waals surface area contributed by atoms with Crippen LogP contribution in [0.5, 0.6) is 0 Å². The molecule has 0 N–H and O–H groups in total. The lowest BCUT2D eigenvalue weighted by Gasteiger charge is -2.10. The van der Waals surface area contributed by atoms with Crippen LogP contribution in [-0.2, 0) is 17.7 Å². The van der Waals surface area contributed by atoms with Crippen LogP contribution >= 0.6 is 0 Å². The van der Waals surface area contributed by atoms with E-state index in [1.807, 2.05) is 30.3 Å². The Morgan fingerprint density at radius 2 is 2.05 bits per heavy atom. The molecule has 4 nitrogen and oxygen atoms in total. The molecule has 0 radical (unpaired) electrons. The first kappa shape index (κ1) is 14.2. The summed E-state index contributed by atoms with van der Waals surface area (Å²) < 4.78 is 20.0. The largest absolute Gasteiger partial charge is 0.458 e. The summed E-state index contributed by atoms with van der Waals surface area (Å²) in [6.07, 6.45) is 0.917. The zero-order chi connectivity index (χ0) is 14.5. The van der Waals surface area contributed by atoms with Crippen LogP contribution in [0, 0.1) is 6.08 Å². The number of carbonyl (C=O) groups excluding carboxylic acids is 1. The van der Waals surface area contributed by atoms with Gasteiger partial charge in [0.15, 0.2) is 0 Å². The van der Waals surface area contributed by atoms with E-state index in [0.29, 0.717) is 13.0 Å². The molecule has 0 aliphatic heterocycles. The molecule has 0 unspecified atom stereocenters. The smallest absolute Gasteiger partial charge is 0.356 e. The van der Waals surface area contributed by atoms with Crippen LogP contribution in [0.4, 0.5) is 4.39 Å². The van der Waals surface area contributed by atoms with Crippen LogP contribution in [-0.4, -0.2) is 21.6 Å². The number of rotatable bonds is 5. The van der Waals surface area contributed by atoms with Crippen molar-refractivity contribution in [3.05, 3.63) is 53.9 Å². The third-order valence-corrected chi connectivity index (χ3v) is 2.83. The highest BCUT2D eigenvalue weighted by Crippen LogP contribution is 2.10. The number of benzene rings is 1. The summed E-state index contributed by atoms with van der Waals surface area (Å²) in [7, 11) is 0. The van der Waals surface area contributed by atoms with Crippen LogP contribution in [0.15, 0.2) is 36.5 Å². The van der Waals surface area contributed by atoms with Gasteiger partial charge in [0.2, 0.25) is 0 Å². The molecule has 0 bridgehead atoms. The van der Waals surface area contributed by atoms with E-state index < -0.39 is 12.0 Å². The molecule has 1 aromatic carbocycles. The van der Waals surface area contributed by atoms with E-state index in [2.05, 4.69) is 4.98 Å². The standard InChI is InChI=1S/C15H17FN2O2/c1-11(2)20-14(19)13-10-17-15(16)18(13)9-8-12-6-4-3-5-7-12/h3-7,10-11H,8-9H2,1-2H3. The summed E-state index contributed by atoms with van der Waals surface area (Å²) in [5, 5.41) is 0. The van der Waals surface area contributed by atoms with E-state index in [0.717, 1.165) is 5.56 Å². The zero-order valence-electron chi connectivity index (χ0n) is 11.5. The molecule has 0 spiro atoms. The van der Waals surface area contributed by atoms with Crippen LogP contribution in [0.3, 0.4) is 0 Å². The van der Waals surface area contributed by atoms with Crippen molar-refractivity contribution in [3.63, 3.8) is 0 Å². The Labute approximate surface area is 117 Å². The second-order valence-corrected chi connectivity index (χ2v) is 4.75. The molecule has 5 heteroatoms. The van der Waals surface area contributed by atoms with Crippen molar-refractivity contribution in [1.82, 2.24) is 9.55 Å². The van der Waals surface area contributed by atoms with Crippen molar-refractivity contribution in [2.45, 2.75) is 32.9 Å². The van der Waals surface area contributed by atoms with Gasteiger partial charge in [-0.2, -0.15) is 4.39 Å². The molecule has 0 atom stereocenters. The molecule has 2 aromatic rings. The Kier molecular flexibility index (Phi) is 4.50. The second-order valence-electron chi connectivity index (χ2n) is 4.75. The Balaban J connectivity index is 2.11. The van der Waals surface area contributed by atoms with Gasteiger partial charge in [-0.25, -0.2) is 9.78 Å². The Bertz CT molecular complexity index is 579. The predicted octanol–water partition coefficient (Wildman–Crippen LogP) is 2.83. The van der Waals surface area contributed by atoms with E-state index in [1.54, 1.807) is 13.8 Å². The molecule has 0 saturated carbocycles. The molecular formula is C15H17FN2O2. The van der Waals surface area contributed by atoms with Gasteiger partial charge in [-0.3, -0.25) is 4.57 Å². The molecule has 0 fully saturated rings. The number of hydrogen-bond donors (Lipinski definition) is 0. The number of halogens is 1. The molecule has 0 saturated heterocycles. The number of esters is 1. The van der Waals surface area contributed by atoms with Gasteiger partial charge in [0.05, 0.1) is 12.3 Å². The molecule has 1 heterocycles. The van der Waals surface area contributed by atoms with Gasteiger partial charge in [-0.05, 0) is 25.8 Å². The third kappa shape index (κ3) is 3.44. The molecule has 2 rings (SSSR count). The number of hydrogen-bond acceptors (Lipinski definition) is 3. The van der Waals surface area contributed by atoms with E-state index in [9.17, 15) is 9.18 Å². The summed E-state index contributed by atoms with van der Waals surface area (Å²) in [6, 6.07) is 9.69. The first-order valence-corrected chi connectivity index (χ1v) is 6.54. The summed E-state index contributed by atoms with van der Waals surface area (Å²) in [5.74, 6) is -0.551. The average molecular weight is 276 g/mol. The molecule has 0 aliphatic rings. The van der Waals surface area contributed by atoms with Gasteiger partial charge in [-0.15, -0.1) is 0 Å². The number of aromatic nitrogens is 2. The number of nitrogens with zero attached hydrogens (tertiary/aromatic N) is 2. The topological polar surface area (TPSA) is 44.1 Å². The predicted molar refractivity (Wildman–Crippen MR) is 72.9 cm³/mol. The monoisotopic (exact) mass is 276 g/mol. The van der Waals surface area contributed by atoms with Crippen molar-refractivity contribution in [1.29, 1.82) is 0 Å². The highest BCUT2D eigenvalue weighted by atomic mass is 19.1. The van der Waals surface area contributed by atoms with E-state index in [-0.39, 0.29) is 11.8 Å². The van der Waals surface area contributed by atoms with E-state index >= 15 is 0 Å². The summed E-state index contributed by atoms with van der Waals surface area (Å²) in [5.41, 5.74) is 1.22. The Hall–Kier alpha value is -2.17. The van der Waals surface area contributed by atoms with Gasteiger partial charge >= 0.3 is 5.97 Å². The van der Waals surface area contributed by atoms with Gasteiger partial charge < -0.3 is 4.74 Å². The maximum absolute atomic E-state index is 13.7. The SMILES string of the molecule is CC(C)OC(=O)c1cnc(F)n1CCc1ccccc1. The summed E-state index contributed by atoms with van der Waals surface area (Å²) >= 11 is 0. The molecule has 0 amide bonds. The van der Waals surface area contributed by atoms with Crippen molar-refractivity contribution >= 4 is 5.97 Å². The quantitative estimate of drug-likeness (QED) is 0.789. The van der Waals surface area contributed by atoms with Crippen LogP contribution < -0.4 is 0 Å². The molecular weight excluding hydrogens is 259 g/mol. The molecule has 106 valence electrons. The maximum atomic E-state index is 13.7. The normalized spacial score (nSPS) is 10.8. The minimum Gasteiger partial charge on any atom is -0.458 e. The van der Waals surface area contributed by atoms with Gasteiger partial charge in [0, 0.05) is 6.54 Å². The fourth-order valence-corrected chi connectivity index (χ4v) is 1.89. The number of imidazole rings is 1. The first-order chi connectivity index (χ1) is 9.58. The minimum atomic E-state index is -0.670. The first-order valence-electron chi connectivity index (χ1n) is 6.54. The summed E-state index contributed by atoms with van der Waals surface area (Å²) in [6.45, 7) is 3.84. The highest BCUT2D eigenvalue weighted by Gasteiger charge is 2.18. The van der Waals surface area contributed by atoms with Gasteiger partial charge in [-0.1, -0.05) is 30.3 Å². The highest BCUT2D eigenvalue weighted by molar-refractivity contribution is 5.87. The molecule has 1 aromatic heterocycles. The van der Waals surface area contributed by atoms with Crippen LogP contribution in [0.1, 0.15) is 29.9 Å². The number of ether oxygens (including phenoxy) is 1. The summed E-state index contributed by atoms with van der Waals surface area (Å²) in [4.78, 5) is 15.4. The lowest BCUT2D eigenvalue weighted by atomic mass is 10.1. The molecule has 20 heavy (non-hydrogen) atoms. The lowest BCUT2D eigenvalue weighted by molar-refractivity contribution is 0.0363. The van der Waals surface area contributed by atoms with E-state index in [4.69, 9.17) is 4.74 Å². The van der Waals surface area contributed by atoms with Crippen molar-refractivity contribution in [3.8, 4) is 0 Å². The van der Waals surface area contributed by atoms with Crippen LogP contribution in [0.25, 0.3) is 0 Å². The van der Waals surface area contributed by atoms with Crippen molar-refractivity contribution < 1.29 is 13.9 Å². The van der Waals surface area contributed by atoms with Crippen molar-refractivity contribution in [2.24, 2.45) is 0 Å². The maximum Gasteiger partial charge on any atom is 0.356 e. The average Bonchev–Trinajstić information content (AvgIpc) is 2.78. The number of carbonyl (C=O) groups is 1. The minimum absolute atomic E-state index is 0.145. The number of aryl methyl sites for hydroxylation is 1. The van der Waals surface area contributed by atoms with Gasteiger partial charge in [0.1, 0.15) is 5.69 Å². The Morgan fingerprint density at radius 1 is 1.35 bits per heavy atom. The lowest BCUT2D eigenvalue weighted by Crippen LogP contribution is -2.17. The van der Waals surface area contributed by atoms with Crippen molar-refractivity contribution in [2.75, 3.05) is 0 Å². The third-order valence-electron chi connectivity index (χ3n) is 2.83.